The highest BCUT2D eigenvalue weighted by atomic mass is 32.1. The predicted octanol–water partition coefficient (Wildman–Crippen LogP) is 4.36. The van der Waals surface area contributed by atoms with E-state index in [1.807, 2.05) is 48.5 Å². The third-order valence-electron chi connectivity index (χ3n) is 5.10. The van der Waals surface area contributed by atoms with E-state index in [0.717, 1.165) is 23.3 Å². The van der Waals surface area contributed by atoms with Crippen molar-refractivity contribution in [1.82, 2.24) is 14.6 Å². The molecule has 0 radical (unpaired) electrons. The van der Waals surface area contributed by atoms with Crippen molar-refractivity contribution in [2.75, 3.05) is 20.3 Å². The first-order valence-electron chi connectivity index (χ1n) is 11.0. The fourth-order valence-electron chi connectivity index (χ4n) is 3.26. The fourth-order valence-corrected chi connectivity index (χ4v) is 4.17. The van der Waals surface area contributed by atoms with Crippen LogP contribution in [0.3, 0.4) is 0 Å². The summed E-state index contributed by atoms with van der Waals surface area (Å²) in [6, 6.07) is 13.1. The molecule has 2 aromatic heterocycles. The first-order chi connectivity index (χ1) is 16.5. The Balaban J connectivity index is 1.57. The second-order valence-corrected chi connectivity index (χ2v) is 9.12. The highest BCUT2D eigenvalue weighted by molar-refractivity contribution is 7.15. The minimum Gasteiger partial charge on any atom is -0.493 e. The van der Waals surface area contributed by atoms with Crippen LogP contribution < -0.4 is 24.3 Å². The summed E-state index contributed by atoms with van der Waals surface area (Å²) in [6.45, 7) is 9.02. The molecule has 0 bridgehead atoms. The van der Waals surface area contributed by atoms with Crippen LogP contribution in [0.2, 0.25) is 0 Å². The fraction of sp³-hybridized carbons (Fsp3) is 0.269. The molecule has 34 heavy (non-hydrogen) atoms. The second-order valence-electron chi connectivity index (χ2n) is 8.11. The van der Waals surface area contributed by atoms with Gasteiger partial charge in [-0.1, -0.05) is 43.9 Å². The van der Waals surface area contributed by atoms with E-state index in [1.165, 1.54) is 15.9 Å². The maximum absolute atomic E-state index is 12.9. The van der Waals surface area contributed by atoms with Crippen molar-refractivity contribution in [2.24, 2.45) is 5.92 Å². The van der Waals surface area contributed by atoms with Crippen molar-refractivity contribution in [3.05, 3.63) is 75.6 Å². The highest BCUT2D eigenvalue weighted by Crippen LogP contribution is 2.29. The number of hydrogen-bond acceptors (Lipinski definition) is 7. The summed E-state index contributed by atoms with van der Waals surface area (Å²) in [6.07, 6.45) is 4.47. The Kier molecular flexibility index (Phi) is 7.27. The summed E-state index contributed by atoms with van der Waals surface area (Å²) >= 11 is 1.30. The molecular formula is C26H27N3O4S. The van der Waals surface area contributed by atoms with Gasteiger partial charge in [0.1, 0.15) is 12.4 Å². The molecule has 0 saturated heterocycles. The van der Waals surface area contributed by atoms with Crippen molar-refractivity contribution in [3.8, 4) is 28.6 Å². The molecule has 2 heterocycles. The van der Waals surface area contributed by atoms with E-state index >= 15 is 0 Å². The van der Waals surface area contributed by atoms with E-state index in [0.29, 0.717) is 45.9 Å². The van der Waals surface area contributed by atoms with Crippen molar-refractivity contribution in [3.63, 3.8) is 0 Å². The molecule has 0 unspecified atom stereocenters. The molecule has 4 rings (SSSR count). The average molecular weight is 478 g/mol. The van der Waals surface area contributed by atoms with Gasteiger partial charge >= 0.3 is 0 Å². The van der Waals surface area contributed by atoms with Gasteiger partial charge < -0.3 is 14.2 Å². The zero-order chi connectivity index (χ0) is 24.1. The number of ether oxygens (including phenoxy) is 3. The van der Waals surface area contributed by atoms with Gasteiger partial charge in [0.25, 0.3) is 5.56 Å². The molecule has 0 aliphatic rings. The molecule has 0 aliphatic carbocycles. The second kappa shape index (κ2) is 10.5. The van der Waals surface area contributed by atoms with Crippen LogP contribution in [0.1, 0.15) is 25.8 Å². The van der Waals surface area contributed by atoms with Crippen LogP contribution in [0.25, 0.3) is 22.4 Å². The van der Waals surface area contributed by atoms with Gasteiger partial charge in [0.05, 0.1) is 18.2 Å². The third-order valence-corrected chi connectivity index (χ3v) is 6.06. The zero-order valence-corrected chi connectivity index (χ0v) is 20.3. The van der Waals surface area contributed by atoms with Crippen LogP contribution in [0, 0.1) is 5.92 Å². The van der Waals surface area contributed by atoms with Crippen LogP contribution in [-0.2, 0) is 0 Å². The van der Waals surface area contributed by atoms with Gasteiger partial charge in [0.2, 0.25) is 4.96 Å². The summed E-state index contributed by atoms with van der Waals surface area (Å²) in [5.41, 5.74) is 1.44. The Hall–Kier alpha value is -3.65. The lowest BCUT2D eigenvalue weighted by Crippen LogP contribution is -2.23. The van der Waals surface area contributed by atoms with Crippen molar-refractivity contribution >= 4 is 22.4 Å². The molecule has 7 nitrogen and oxygen atoms in total. The van der Waals surface area contributed by atoms with Crippen LogP contribution in [0.15, 0.2) is 59.9 Å². The van der Waals surface area contributed by atoms with Gasteiger partial charge in [-0.3, -0.25) is 4.79 Å². The molecule has 0 fully saturated rings. The van der Waals surface area contributed by atoms with E-state index in [9.17, 15) is 4.79 Å². The van der Waals surface area contributed by atoms with E-state index in [1.54, 1.807) is 13.2 Å². The van der Waals surface area contributed by atoms with Gasteiger partial charge in [-0.2, -0.15) is 9.50 Å². The molecular weight excluding hydrogens is 450 g/mol. The zero-order valence-electron chi connectivity index (χ0n) is 19.5. The van der Waals surface area contributed by atoms with E-state index < -0.39 is 0 Å². The molecule has 0 aliphatic heterocycles. The Morgan fingerprint density at radius 1 is 1.12 bits per heavy atom. The van der Waals surface area contributed by atoms with Gasteiger partial charge in [-0.25, -0.2) is 0 Å². The standard InChI is InChI=1S/C26H27N3O4S/c1-5-13-32-20-9-7-19(8-10-20)24-27-26-29(28-24)25(30)23(34-26)16-18-6-11-21(22(15-18)31-4)33-14-12-17(2)3/h5-11,15-17H,1,12-14H2,2-4H3/b23-16-. The summed E-state index contributed by atoms with van der Waals surface area (Å²) in [7, 11) is 1.61. The van der Waals surface area contributed by atoms with Gasteiger partial charge in [0, 0.05) is 5.56 Å². The summed E-state index contributed by atoms with van der Waals surface area (Å²) in [4.78, 5) is 18.0. The van der Waals surface area contributed by atoms with Crippen LogP contribution in [0.4, 0.5) is 0 Å². The van der Waals surface area contributed by atoms with Crippen LogP contribution in [0.5, 0.6) is 17.2 Å². The van der Waals surface area contributed by atoms with Crippen molar-refractivity contribution in [2.45, 2.75) is 20.3 Å². The lowest BCUT2D eigenvalue weighted by molar-refractivity contribution is 0.273. The minimum atomic E-state index is -0.207. The highest BCUT2D eigenvalue weighted by Gasteiger charge is 2.13. The maximum atomic E-state index is 12.9. The quantitative estimate of drug-likeness (QED) is 0.316. The summed E-state index contributed by atoms with van der Waals surface area (Å²) in [5, 5.41) is 4.41. The lowest BCUT2D eigenvalue weighted by atomic mass is 10.1. The van der Waals surface area contributed by atoms with E-state index in [2.05, 4.69) is 30.5 Å². The smallest absolute Gasteiger partial charge is 0.291 e. The summed E-state index contributed by atoms with van der Waals surface area (Å²) in [5.74, 6) is 3.12. The first-order valence-corrected chi connectivity index (χ1v) is 11.9. The van der Waals surface area contributed by atoms with Crippen LogP contribution >= 0.6 is 11.3 Å². The van der Waals surface area contributed by atoms with E-state index in [-0.39, 0.29) is 5.56 Å². The Morgan fingerprint density at radius 2 is 1.91 bits per heavy atom. The van der Waals surface area contributed by atoms with Crippen LogP contribution in [-0.4, -0.2) is 34.9 Å². The molecule has 8 heteroatoms. The molecule has 0 saturated carbocycles. The molecule has 0 amide bonds. The first kappa shape index (κ1) is 23.5. The molecule has 0 spiro atoms. The van der Waals surface area contributed by atoms with E-state index in [4.69, 9.17) is 14.2 Å². The van der Waals surface area contributed by atoms with Crippen molar-refractivity contribution < 1.29 is 14.2 Å². The number of aromatic nitrogens is 3. The summed E-state index contributed by atoms with van der Waals surface area (Å²) < 4.78 is 18.7. The van der Waals surface area contributed by atoms with Gasteiger partial charge in [-0.15, -0.1) is 5.10 Å². The molecule has 0 atom stereocenters. The number of nitrogens with zero attached hydrogens (tertiary/aromatic N) is 3. The normalized spacial score (nSPS) is 11.8. The number of rotatable bonds is 10. The topological polar surface area (TPSA) is 75.0 Å². The minimum absolute atomic E-state index is 0.207. The third kappa shape index (κ3) is 5.28. The SMILES string of the molecule is C=CCOc1ccc(-c2nc3s/c(=C\c4ccc(OCCC(C)C)c(OC)c4)c(=O)n3n2)cc1. The number of benzene rings is 2. The number of thiazole rings is 1. The number of hydrogen-bond donors (Lipinski definition) is 0. The van der Waals surface area contributed by atoms with Gasteiger partial charge in [-0.05, 0) is 60.4 Å². The maximum Gasteiger partial charge on any atom is 0.291 e. The molecule has 2 aromatic carbocycles. The molecule has 0 N–H and O–H groups in total. The number of fused-ring (bicyclic) bond motifs is 1. The monoisotopic (exact) mass is 477 g/mol. The lowest BCUT2D eigenvalue weighted by Gasteiger charge is -2.12. The molecule has 176 valence electrons. The Morgan fingerprint density at radius 3 is 2.59 bits per heavy atom. The van der Waals surface area contributed by atoms with Gasteiger partial charge in [0.15, 0.2) is 17.3 Å². The predicted molar refractivity (Wildman–Crippen MR) is 135 cm³/mol. The average Bonchev–Trinajstić information content (AvgIpc) is 3.37. The largest absolute Gasteiger partial charge is 0.493 e. The Bertz CT molecular complexity index is 1390. The van der Waals surface area contributed by atoms with Crippen molar-refractivity contribution in [1.29, 1.82) is 0 Å². The molecule has 4 aromatic rings. The Labute approximate surface area is 201 Å². The number of methoxy groups -OCH3 is 1.